The number of rotatable bonds is 3. The summed E-state index contributed by atoms with van der Waals surface area (Å²) in [4.78, 5) is 25.0. The van der Waals surface area contributed by atoms with Gasteiger partial charge in [0.05, 0.1) is 18.6 Å². The zero-order chi connectivity index (χ0) is 13.7. The van der Waals surface area contributed by atoms with Crippen LogP contribution in [0.1, 0.15) is 22.3 Å². The predicted octanol–water partition coefficient (Wildman–Crippen LogP) is 1.18. The van der Waals surface area contributed by atoms with Crippen molar-refractivity contribution < 1.29 is 19.4 Å². The van der Waals surface area contributed by atoms with E-state index in [0.29, 0.717) is 31.9 Å². The molecule has 1 aromatic carbocycles. The first-order valence-electron chi connectivity index (χ1n) is 6.35. The molecule has 2 rings (SSSR count). The summed E-state index contributed by atoms with van der Waals surface area (Å²) in [6.45, 7) is 2.48. The van der Waals surface area contributed by atoms with Gasteiger partial charge < -0.3 is 14.7 Å². The van der Waals surface area contributed by atoms with Gasteiger partial charge in [-0.2, -0.15) is 0 Å². The zero-order valence-corrected chi connectivity index (χ0v) is 10.7. The molecule has 0 radical (unpaired) electrons. The Bertz CT molecular complexity index is 464. The van der Waals surface area contributed by atoms with Gasteiger partial charge in [-0.15, -0.1) is 0 Å². The number of hydrogen-bond acceptors (Lipinski definition) is 3. The van der Waals surface area contributed by atoms with Crippen LogP contribution >= 0.6 is 0 Å². The maximum absolute atomic E-state index is 12.2. The van der Waals surface area contributed by atoms with E-state index in [9.17, 15) is 9.59 Å². The lowest BCUT2D eigenvalue weighted by atomic mass is 10.0. The molecule has 1 fully saturated rings. The molecule has 19 heavy (non-hydrogen) atoms. The first-order chi connectivity index (χ1) is 9.18. The van der Waals surface area contributed by atoms with Gasteiger partial charge in [0.15, 0.2) is 0 Å². The lowest BCUT2D eigenvalue weighted by molar-refractivity contribution is -0.130. The van der Waals surface area contributed by atoms with Crippen LogP contribution in [-0.2, 0) is 16.0 Å². The third-order valence-corrected chi connectivity index (χ3v) is 3.16. The second kappa shape index (κ2) is 6.33. The Hall–Kier alpha value is -1.88. The van der Waals surface area contributed by atoms with E-state index < -0.39 is 5.97 Å². The van der Waals surface area contributed by atoms with Crippen LogP contribution < -0.4 is 0 Å². The molecule has 0 unspecified atom stereocenters. The van der Waals surface area contributed by atoms with Crippen LogP contribution in [0.4, 0.5) is 0 Å². The normalized spacial score (nSPS) is 15.9. The molecule has 0 aliphatic carbocycles. The molecule has 0 spiro atoms. The quantitative estimate of drug-likeness (QED) is 0.889. The third kappa shape index (κ3) is 3.54. The maximum Gasteiger partial charge on any atom is 0.335 e. The number of carboxylic acid groups (broad SMARTS) is 1. The molecule has 0 aromatic heterocycles. The first kappa shape index (κ1) is 13.5. The van der Waals surface area contributed by atoms with Crippen LogP contribution in [0.5, 0.6) is 0 Å². The van der Waals surface area contributed by atoms with Gasteiger partial charge in [-0.25, -0.2) is 4.79 Å². The van der Waals surface area contributed by atoms with Crippen molar-refractivity contribution in [3.63, 3.8) is 0 Å². The van der Waals surface area contributed by atoms with Gasteiger partial charge in [-0.05, 0) is 18.1 Å². The van der Waals surface area contributed by atoms with E-state index in [1.165, 1.54) is 6.07 Å². The van der Waals surface area contributed by atoms with Gasteiger partial charge in [0.1, 0.15) is 0 Å². The maximum atomic E-state index is 12.2. The fraction of sp³-hybridized carbons (Fsp3) is 0.429. The summed E-state index contributed by atoms with van der Waals surface area (Å²) < 4.78 is 5.30. The molecule has 1 aliphatic rings. The Morgan fingerprint density at radius 1 is 1.21 bits per heavy atom. The van der Waals surface area contributed by atoms with E-state index in [1.807, 2.05) is 0 Å². The Morgan fingerprint density at radius 2 is 2.00 bits per heavy atom. The summed E-state index contributed by atoms with van der Waals surface area (Å²) in [5.41, 5.74) is 0.757. The Labute approximate surface area is 111 Å². The second-order valence-electron chi connectivity index (χ2n) is 4.49. The second-order valence-corrected chi connectivity index (χ2v) is 4.49. The monoisotopic (exact) mass is 263 g/mol. The van der Waals surface area contributed by atoms with Gasteiger partial charge in [0.2, 0.25) is 5.91 Å². The van der Waals surface area contributed by atoms with E-state index in [-0.39, 0.29) is 17.9 Å². The van der Waals surface area contributed by atoms with Crippen molar-refractivity contribution in [1.29, 1.82) is 0 Å². The fourth-order valence-electron chi connectivity index (χ4n) is 2.15. The Kier molecular flexibility index (Phi) is 4.52. The average molecular weight is 263 g/mol. The largest absolute Gasteiger partial charge is 0.478 e. The standard InChI is InChI=1S/C14H17NO4/c16-13(15-6-3-8-19-9-7-15)10-11-4-1-2-5-12(11)14(17)18/h1-2,4-5H,3,6-10H2,(H,17,18). The van der Waals surface area contributed by atoms with E-state index in [0.717, 1.165) is 6.42 Å². The third-order valence-electron chi connectivity index (χ3n) is 3.16. The van der Waals surface area contributed by atoms with Crippen LogP contribution in [0.15, 0.2) is 24.3 Å². The highest BCUT2D eigenvalue weighted by Crippen LogP contribution is 2.12. The van der Waals surface area contributed by atoms with Crippen molar-refractivity contribution in [2.75, 3.05) is 26.3 Å². The number of carbonyl (C=O) groups is 2. The fourth-order valence-corrected chi connectivity index (χ4v) is 2.15. The molecule has 0 saturated carbocycles. The molecule has 0 atom stereocenters. The van der Waals surface area contributed by atoms with Crippen molar-refractivity contribution in [2.45, 2.75) is 12.8 Å². The van der Waals surface area contributed by atoms with Crippen LogP contribution in [0.3, 0.4) is 0 Å². The molecule has 1 heterocycles. The molecule has 1 aliphatic heterocycles. The van der Waals surface area contributed by atoms with E-state index in [2.05, 4.69) is 0 Å². The lowest BCUT2D eigenvalue weighted by Gasteiger charge is -2.20. The van der Waals surface area contributed by atoms with Gasteiger partial charge in [0.25, 0.3) is 0 Å². The highest BCUT2D eigenvalue weighted by atomic mass is 16.5. The molecule has 5 nitrogen and oxygen atoms in total. The summed E-state index contributed by atoms with van der Waals surface area (Å²) in [5.74, 6) is -1.04. The Morgan fingerprint density at radius 3 is 2.79 bits per heavy atom. The number of aromatic carboxylic acids is 1. The van der Waals surface area contributed by atoms with Gasteiger partial charge in [-0.3, -0.25) is 4.79 Å². The van der Waals surface area contributed by atoms with E-state index in [1.54, 1.807) is 23.1 Å². The van der Waals surface area contributed by atoms with Crippen LogP contribution in [0, 0.1) is 0 Å². The van der Waals surface area contributed by atoms with Crippen molar-refractivity contribution >= 4 is 11.9 Å². The van der Waals surface area contributed by atoms with Gasteiger partial charge in [0, 0.05) is 19.7 Å². The number of carbonyl (C=O) groups excluding carboxylic acids is 1. The summed E-state index contributed by atoms with van der Waals surface area (Å²) in [7, 11) is 0. The average Bonchev–Trinajstić information content (AvgIpc) is 2.68. The minimum absolute atomic E-state index is 0.0424. The summed E-state index contributed by atoms with van der Waals surface area (Å²) in [6, 6.07) is 6.63. The van der Waals surface area contributed by atoms with Crippen LogP contribution in [0.25, 0.3) is 0 Å². The number of carboxylic acids is 1. The van der Waals surface area contributed by atoms with Gasteiger partial charge in [-0.1, -0.05) is 18.2 Å². The van der Waals surface area contributed by atoms with Crippen LogP contribution in [0.2, 0.25) is 0 Å². The molecule has 1 amide bonds. The summed E-state index contributed by atoms with van der Waals surface area (Å²) in [6.07, 6.45) is 0.953. The van der Waals surface area contributed by atoms with Gasteiger partial charge >= 0.3 is 5.97 Å². The molecule has 1 aromatic rings. The van der Waals surface area contributed by atoms with Crippen molar-refractivity contribution in [3.05, 3.63) is 35.4 Å². The first-order valence-corrected chi connectivity index (χ1v) is 6.35. The van der Waals surface area contributed by atoms with Crippen LogP contribution in [-0.4, -0.2) is 48.2 Å². The summed E-state index contributed by atoms with van der Waals surface area (Å²) >= 11 is 0. The molecule has 1 N–H and O–H groups in total. The number of amides is 1. The summed E-state index contributed by atoms with van der Waals surface area (Å²) in [5, 5.41) is 9.09. The topological polar surface area (TPSA) is 66.8 Å². The molecule has 1 saturated heterocycles. The highest BCUT2D eigenvalue weighted by Gasteiger charge is 2.18. The number of hydrogen-bond donors (Lipinski definition) is 1. The number of ether oxygens (including phenoxy) is 1. The number of benzene rings is 1. The lowest BCUT2D eigenvalue weighted by Crippen LogP contribution is -2.34. The highest BCUT2D eigenvalue weighted by molar-refractivity contribution is 5.91. The molecular formula is C14H17NO4. The minimum atomic E-state index is -0.998. The van der Waals surface area contributed by atoms with Crippen molar-refractivity contribution in [2.24, 2.45) is 0 Å². The SMILES string of the molecule is O=C(O)c1ccccc1CC(=O)N1CCCOCC1. The number of nitrogens with zero attached hydrogens (tertiary/aromatic N) is 1. The molecule has 0 bridgehead atoms. The molecular weight excluding hydrogens is 246 g/mol. The predicted molar refractivity (Wildman–Crippen MR) is 69.1 cm³/mol. The van der Waals surface area contributed by atoms with Crippen molar-refractivity contribution in [1.82, 2.24) is 4.90 Å². The minimum Gasteiger partial charge on any atom is -0.478 e. The Balaban J connectivity index is 2.07. The molecule has 5 heteroatoms. The zero-order valence-electron chi connectivity index (χ0n) is 10.7. The molecule has 102 valence electrons. The van der Waals surface area contributed by atoms with E-state index >= 15 is 0 Å². The van der Waals surface area contributed by atoms with Crippen molar-refractivity contribution in [3.8, 4) is 0 Å². The van der Waals surface area contributed by atoms with E-state index in [4.69, 9.17) is 9.84 Å². The smallest absolute Gasteiger partial charge is 0.335 e.